The highest BCUT2D eigenvalue weighted by Crippen LogP contribution is 2.32. The number of aliphatic hydroxyl groups is 1. The van der Waals surface area contributed by atoms with Gasteiger partial charge in [-0.25, -0.2) is 0 Å². The average Bonchev–Trinajstić information content (AvgIpc) is 2.89. The fourth-order valence-corrected chi connectivity index (χ4v) is 3.30. The molecule has 0 radical (unpaired) electrons. The van der Waals surface area contributed by atoms with Gasteiger partial charge in [0, 0.05) is 35.4 Å². The van der Waals surface area contributed by atoms with E-state index in [9.17, 15) is 9.90 Å². The van der Waals surface area contributed by atoms with Gasteiger partial charge >= 0.3 is 0 Å². The smallest absolute Gasteiger partial charge is 0.223 e. The highest BCUT2D eigenvalue weighted by molar-refractivity contribution is 6.31. The van der Waals surface area contributed by atoms with Crippen molar-refractivity contribution in [2.24, 2.45) is 5.73 Å². The van der Waals surface area contributed by atoms with Gasteiger partial charge in [0.25, 0.3) is 0 Å². The Hall–Kier alpha value is -3.24. The largest absolute Gasteiger partial charge is 0.508 e. The van der Waals surface area contributed by atoms with Crippen LogP contribution >= 0.6 is 11.6 Å². The number of allylic oxidation sites excluding steroid dienone is 5. The number of aryl methyl sites for hydroxylation is 1. The molecule has 0 spiro atoms. The lowest BCUT2D eigenvalue weighted by Crippen LogP contribution is -2.33. The zero-order valence-electron chi connectivity index (χ0n) is 22.1. The van der Waals surface area contributed by atoms with Crippen LogP contribution in [0.2, 0.25) is 0 Å². The first-order valence-corrected chi connectivity index (χ1v) is 12.4. The Labute approximate surface area is 217 Å². The Kier molecular flexibility index (Phi) is 15.6. The summed E-state index contributed by atoms with van der Waals surface area (Å²) in [6.07, 6.45) is 6.98. The maximum Gasteiger partial charge on any atom is 0.223 e. The van der Waals surface area contributed by atoms with Crippen LogP contribution in [-0.4, -0.2) is 17.6 Å². The van der Waals surface area contributed by atoms with Gasteiger partial charge in [0.05, 0.1) is 0 Å². The lowest BCUT2D eigenvalue weighted by atomic mass is 9.95. The summed E-state index contributed by atoms with van der Waals surface area (Å²) in [5, 5.41) is 9.99. The number of anilines is 1. The molecule has 0 unspecified atom stereocenters. The minimum Gasteiger partial charge on any atom is -0.508 e. The molecule has 0 fully saturated rings. The quantitative estimate of drug-likeness (QED) is 0.330. The van der Waals surface area contributed by atoms with Gasteiger partial charge in [-0.1, -0.05) is 88.9 Å². The molecule has 0 aliphatic carbocycles. The zero-order chi connectivity index (χ0) is 27.0. The normalized spacial score (nSPS) is 12.4. The molecule has 1 heterocycles. The summed E-state index contributed by atoms with van der Waals surface area (Å²) >= 11 is 5.55. The van der Waals surface area contributed by atoms with Gasteiger partial charge in [-0.2, -0.15) is 0 Å². The van der Waals surface area contributed by atoms with Crippen molar-refractivity contribution in [3.05, 3.63) is 95.7 Å². The molecule has 0 saturated heterocycles. The third kappa shape index (κ3) is 10.7. The average molecular weight is 497 g/mol. The highest BCUT2D eigenvalue weighted by atomic mass is 35.5. The van der Waals surface area contributed by atoms with E-state index in [0.29, 0.717) is 5.03 Å². The van der Waals surface area contributed by atoms with Crippen LogP contribution in [0.3, 0.4) is 0 Å². The number of halogens is 1. The minimum absolute atomic E-state index is 0.0779. The molecule has 0 atom stereocenters. The van der Waals surface area contributed by atoms with E-state index in [0.717, 1.165) is 47.5 Å². The lowest BCUT2D eigenvalue weighted by molar-refractivity contribution is -0.116. The number of benzene rings is 2. The van der Waals surface area contributed by atoms with E-state index in [1.807, 2.05) is 69.0 Å². The molecule has 0 saturated carbocycles. The van der Waals surface area contributed by atoms with Crippen LogP contribution < -0.4 is 10.6 Å². The summed E-state index contributed by atoms with van der Waals surface area (Å²) in [7, 11) is 0. The van der Waals surface area contributed by atoms with Crippen LogP contribution in [0, 0.1) is 0 Å². The van der Waals surface area contributed by atoms with Crippen LogP contribution in [0.4, 0.5) is 5.69 Å². The second-order valence-corrected chi connectivity index (χ2v) is 7.74. The van der Waals surface area contributed by atoms with Gasteiger partial charge in [-0.3, -0.25) is 4.79 Å². The second-order valence-electron chi connectivity index (χ2n) is 7.31. The van der Waals surface area contributed by atoms with Gasteiger partial charge in [0.1, 0.15) is 5.76 Å². The number of hydrogen-bond donors (Lipinski definition) is 2. The van der Waals surface area contributed by atoms with Crippen molar-refractivity contribution in [1.82, 2.24) is 0 Å². The predicted octanol–water partition coefficient (Wildman–Crippen LogP) is 8.39. The van der Waals surface area contributed by atoms with Gasteiger partial charge in [0.15, 0.2) is 0 Å². The van der Waals surface area contributed by atoms with E-state index in [1.54, 1.807) is 32.1 Å². The molecule has 3 rings (SSSR count). The number of aliphatic hydroxyl groups excluding tert-OH is 1. The standard InChI is InChI=1S/C19H19NO2.C7H10ClN.2C2H6/c1-13(21)15-5-7-16(8-6-15)17-9-10-19-18(12-17)4-3-11-20(19)14(2)22;1-3-7(8)5-4-6(2)9;2*1-2/h5-10,12,21H,1,3-4,11H2,2H3;3-5H,1,9H2,2H3;2*1-2H3/b;6-4+,7-5+;;. The fraction of sp³-hybridized carbons (Fsp3) is 0.300. The van der Waals surface area contributed by atoms with Crippen molar-refractivity contribution in [3.63, 3.8) is 0 Å². The SMILES string of the molecule is C=C(O)c1ccc(-c2ccc3c(c2)CCCN3C(C)=O)cc1.C=C/C(Cl)=C\C=C(/C)N.CC.CC. The number of amides is 1. The first-order valence-electron chi connectivity index (χ1n) is 12.0. The molecule has 1 aliphatic rings. The van der Waals surface area contributed by atoms with Crippen molar-refractivity contribution in [2.45, 2.75) is 54.4 Å². The van der Waals surface area contributed by atoms with Gasteiger partial charge < -0.3 is 15.7 Å². The second kappa shape index (κ2) is 17.2. The van der Waals surface area contributed by atoms with Crippen molar-refractivity contribution < 1.29 is 9.90 Å². The van der Waals surface area contributed by atoms with Crippen molar-refractivity contribution in [3.8, 4) is 11.1 Å². The maximum atomic E-state index is 11.7. The minimum atomic E-state index is 0.0779. The Morgan fingerprint density at radius 2 is 1.60 bits per heavy atom. The number of hydrogen-bond acceptors (Lipinski definition) is 3. The van der Waals surface area contributed by atoms with Crippen LogP contribution in [-0.2, 0) is 11.2 Å². The third-order valence-corrected chi connectivity index (χ3v) is 5.11. The van der Waals surface area contributed by atoms with Crippen molar-refractivity contribution in [2.75, 3.05) is 11.4 Å². The van der Waals surface area contributed by atoms with Gasteiger partial charge in [0.2, 0.25) is 5.91 Å². The van der Waals surface area contributed by atoms with Gasteiger partial charge in [-0.05, 0) is 60.7 Å². The van der Waals surface area contributed by atoms with Crippen LogP contribution in [0.25, 0.3) is 16.9 Å². The first-order chi connectivity index (χ1) is 16.7. The van der Waals surface area contributed by atoms with Crippen molar-refractivity contribution >= 4 is 29.0 Å². The molecule has 5 heteroatoms. The summed E-state index contributed by atoms with van der Waals surface area (Å²) in [6, 6.07) is 13.9. The molecule has 3 N–H and O–H groups in total. The Bertz CT molecular complexity index is 1020. The zero-order valence-corrected chi connectivity index (χ0v) is 22.8. The Balaban J connectivity index is 0.000000753. The first kappa shape index (κ1) is 31.8. The number of fused-ring (bicyclic) bond motifs is 1. The Morgan fingerprint density at radius 3 is 2.09 bits per heavy atom. The molecule has 4 nitrogen and oxygen atoms in total. The molecule has 0 bridgehead atoms. The lowest BCUT2D eigenvalue weighted by Gasteiger charge is -2.29. The van der Waals surface area contributed by atoms with Crippen LogP contribution in [0.1, 0.15) is 59.1 Å². The summed E-state index contributed by atoms with van der Waals surface area (Å²) in [6.45, 7) is 19.2. The number of nitrogens with two attached hydrogens (primary N) is 1. The number of carbonyl (C=O) groups is 1. The van der Waals surface area contributed by atoms with Gasteiger partial charge in [-0.15, -0.1) is 0 Å². The topological polar surface area (TPSA) is 66.6 Å². The fourth-order valence-electron chi connectivity index (χ4n) is 3.24. The predicted molar refractivity (Wildman–Crippen MR) is 155 cm³/mol. The van der Waals surface area contributed by atoms with E-state index in [-0.39, 0.29) is 11.7 Å². The molecule has 1 aliphatic heterocycles. The number of carbonyl (C=O) groups excluding carboxylic acids is 1. The molecular formula is C30H41ClN2O2. The van der Waals surface area contributed by atoms with Crippen LogP contribution in [0.5, 0.6) is 0 Å². The summed E-state index contributed by atoms with van der Waals surface area (Å²) in [5.41, 5.74) is 11.2. The van der Waals surface area contributed by atoms with Crippen LogP contribution in [0.15, 0.2) is 84.6 Å². The number of nitrogens with zero attached hydrogens (tertiary/aromatic N) is 1. The van der Waals surface area contributed by atoms with E-state index < -0.39 is 0 Å². The summed E-state index contributed by atoms with van der Waals surface area (Å²) in [5.74, 6) is 0.175. The monoisotopic (exact) mass is 496 g/mol. The summed E-state index contributed by atoms with van der Waals surface area (Å²) in [4.78, 5) is 13.6. The van der Waals surface area contributed by atoms with Crippen molar-refractivity contribution in [1.29, 1.82) is 0 Å². The molecular weight excluding hydrogens is 456 g/mol. The molecule has 2 aromatic carbocycles. The van der Waals surface area contributed by atoms with E-state index >= 15 is 0 Å². The molecule has 2 aromatic rings. The van der Waals surface area contributed by atoms with E-state index in [2.05, 4.69) is 19.2 Å². The molecule has 35 heavy (non-hydrogen) atoms. The maximum absolute atomic E-state index is 11.7. The highest BCUT2D eigenvalue weighted by Gasteiger charge is 2.20. The number of rotatable bonds is 4. The Morgan fingerprint density at radius 1 is 1.03 bits per heavy atom. The molecule has 190 valence electrons. The van der Waals surface area contributed by atoms with E-state index in [1.165, 1.54) is 5.56 Å². The molecule has 1 amide bonds. The third-order valence-electron chi connectivity index (χ3n) is 4.83. The van der Waals surface area contributed by atoms with E-state index in [4.69, 9.17) is 17.3 Å². The molecule has 0 aromatic heterocycles. The summed E-state index contributed by atoms with van der Waals surface area (Å²) < 4.78 is 0.